The molecule has 5 nitrogen and oxygen atoms in total. The molecule has 3 rings (SSSR count). The molecule has 0 spiro atoms. The standard InChI is InChI=1S/C17H21N3O2/c1-12-4-3-5-15-14(11-18-17(12)15)10-16(22)20-8-6-19(7-9-20)13(2)21/h3-5,11,18H,6-10H2,1-2H3. The number of fused-ring (bicyclic) bond motifs is 1. The molecule has 1 saturated heterocycles. The Labute approximate surface area is 129 Å². The third-order valence-corrected chi connectivity index (χ3v) is 4.43. The van der Waals surface area contributed by atoms with Gasteiger partial charge in [-0.3, -0.25) is 9.59 Å². The Morgan fingerprint density at radius 2 is 1.82 bits per heavy atom. The number of piperazine rings is 1. The third kappa shape index (κ3) is 2.71. The van der Waals surface area contributed by atoms with E-state index in [0.29, 0.717) is 32.6 Å². The van der Waals surface area contributed by atoms with E-state index in [0.717, 1.165) is 16.5 Å². The van der Waals surface area contributed by atoms with Crippen molar-refractivity contribution in [2.45, 2.75) is 20.3 Å². The van der Waals surface area contributed by atoms with Gasteiger partial charge in [-0.1, -0.05) is 18.2 Å². The Hall–Kier alpha value is -2.30. The van der Waals surface area contributed by atoms with Crippen LogP contribution in [0.3, 0.4) is 0 Å². The van der Waals surface area contributed by atoms with E-state index in [1.165, 1.54) is 5.56 Å². The van der Waals surface area contributed by atoms with E-state index < -0.39 is 0 Å². The maximum Gasteiger partial charge on any atom is 0.227 e. The Bertz CT molecular complexity index is 712. The summed E-state index contributed by atoms with van der Waals surface area (Å²) in [6, 6.07) is 6.13. The molecule has 1 aromatic carbocycles. The predicted octanol–water partition coefficient (Wildman–Crippen LogP) is 1.71. The number of H-pyrrole nitrogens is 1. The molecule has 1 aromatic heterocycles. The quantitative estimate of drug-likeness (QED) is 0.918. The highest BCUT2D eigenvalue weighted by Crippen LogP contribution is 2.22. The second-order valence-electron chi connectivity index (χ2n) is 5.88. The van der Waals surface area contributed by atoms with Crippen LogP contribution in [-0.2, 0) is 16.0 Å². The Kier molecular flexibility index (Phi) is 3.88. The van der Waals surface area contributed by atoms with Gasteiger partial charge < -0.3 is 14.8 Å². The first-order valence-corrected chi connectivity index (χ1v) is 7.65. The summed E-state index contributed by atoms with van der Waals surface area (Å²) in [6.07, 6.45) is 2.34. The minimum Gasteiger partial charge on any atom is -0.361 e. The third-order valence-electron chi connectivity index (χ3n) is 4.43. The predicted molar refractivity (Wildman–Crippen MR) is 85.6 cm³/mol. The number of hydrogen-bond acceptors (Lipinski definition) is 2. The minimum absolute atomic E-state index is 0.0826. The van der Waals surface area contributed by atoms with Gasteiger partial charge in [0.25, 0.3) is 0 Å². The number of aromatic amines is 1. The number of rotatable bonds is 2. The number of carbonyl (C=O) groups is 2. The van der Waals surface area contributed by atoms with Crippen molar-refractivity contribution >= 4 is 22.7 Å². The average molecular weight is 299 g/mol. The Morgan fingerprint density at radius 3 is 2.50 bits per heavy atom. The lowest BCUT2D eigenvalue weighted by atomic mass is 10.1. The molecular formula is C17H21N3O2. The number of carbonyl (C=O) groups excluding carboxylic acids is 2. The molecule has 1 aliphatic heterocycles. The van der Waals surface area contributed by atoms with Gasteiger partial charge in [-0.15, -0.1) is 0 Å². The molecule has 2 heterocycles. The van der Waals surface area contributed by atoms with Crippen LogP contribution in [0.2, 0.25) is 0 Å². The van der Waals surface area contributed by atoms with Crippen LogP contribution in [0.4, 0.5) is 0 Å². The number of amides is 2. The number of benzene rings is 1. The van der Waals surface area contributed by atoms with E-state index in [4.69, 9.17) is 0 Å². The van der Waals surface area contributed by atoms with E-state index in [-0.39, 0.29) is 11.8 Å². The van der Waals surface area contributed by atoms with E-state index >= 15 is 0 Å². The summed E-state index contributed by atoms with van der Waals surface area (Å²) >= 11 is 0. The molecule has 0 unspecified atom stereocenters. The fraction of sp³-hybridized carbons (Fsp3) is 0.412. The first-order chi connectivity index (χ1) is 10.6. The number of hydrogen-bond donors (Lipinski definition) is 1. The van der Waals surface area contributed by atoms with Crippen molar-refractivity contribution in [2.75, 3.05) is 26.2 Å². The topological polar surface area (TPSA) is 56.4 Å². The van der Waals surface area contributed by atoms with Crippen LogP contribution >= 0.6 is 0 Å². The Balaban J connectivity index is 1.69. The van der Waals surface area contributed by atoms with Gasteiger partial charge in [0.2, 0.25) is 11.8 Å². The van der Waals surface area contributed by atoms with Gasteiger partial charge in [0.05, 0.1) is 6.42 Å². The molecular weight excluding hydrogens is 278 g/mol. The summed E-state index contributed by atoms with van der Waals surface area (Å²) in [7, 11) is 0. The lowest BCUT2D eigenvalue weighted by Gasteiger charge is -2.34. The van der Waals surface area contributed by atoms with Crippen molar-refractivity contribution in [1.82, 2.24) is 14.8 Å². The van der Waals surface area contributed by atoms with Gasteiger partial charge in [-0.05, 0) is 18.1 Å². The van der Waals surface area contributed by atoms with Crippen molar-refractivity contribution < 1.29 is 9.59 Å². The van der Waals surface area contributed by atoms with Crippen molar-refractivity contribution in [2.24, 2.45) is 0 Å². The van der Waals surface area contributed by atoms with Crippen LogP contribution in [0.15, 0.2) is 24.4 Å². The first-order valence-electron chi connectivity index (χ1n) is 7.65. The number of aryl methyl sites for hydroxylation is 1. The summed E-state index contributed by atoms with van der Waals surface area (Å²) in [5.74, 6) is 0.213. The molecule has 0 radical (unpaired) electrons. The van der Waals surface area contributed by atoms with Crippen LogP contribution in [0.25, 0.3) is 10.9 Å². The summed E-state index contributed by atoms with van der Waals surface area (Å²) in [4.78, 5) is 30.7. The zero-order chi connectivity index (χ0) is 15.7. The maximum absolute atomic E-state index is 12.5. The molecule has 0 saturated carbocycles. The highest BCUT2D eigenvalue weighted by molar-refractivity contribution is 5.90. The number of aromatic nitrogens is 1. The van der Waals surface area contributed by atoms with Crippen LogP contribution in [0, 0.1) is 6.92 Å². The minimum atomic E-state index is 0.0826. The molecule has 2 aromatic rings. The van der Waals surface area contributed by atoms with Gasteiger partial charge in [-0.2, -0.15) is 0 Å². The number of nitrogens with one attached hydrogen (secondary N) is 1. The van der Waals surface area contributed by atoms with Gasteiger partial charge >= 0.3 is 0 Å². The second-order valence-corrected chi connectivity index (χ2v) is 5.88. The summed E-state index contributed by atoms with van der Waals surface area (Å²) < 4.78 is 0. The molecule has 0 bridgehead atoms. The molecule has 1 aliphatic rings. The summed E-state index contributed by atoms with van der Waals surface area (Å²) in [5, 5.41) is 1.12. The molecule has 2 amide bonds. The highest BCUT2D eigenvalue weighted by Gasteiger charge is 2.23. The van der Waals surface area contributed by atoms with Gasteiger partial charge in [0.1, 0.15) is 0 Å². The Morgan fingerprint density at radius 1 is 1.14 bits per heavy atom. The average Bonchev–Trinajstić information content (AvgIpc) is 2.92. The normalized spacial score (nSPS) is 15.4. The fourth-order valence-electron chi connectivity index (χ4n) is 3.06. The molecule has 0 atom stereocenters. The fourth-order valence-corrected chi connectivity index (χ4v) is 3.06. The zero-order valence-electron chi connectivity index (χ0n) is 13.1. The first kappa shape index (κ1) is 14.6. The second kappa shape index (κ2) is 5.83. The lowest BCUT2D eigenvalue weighted by molar-refractivity contribution is -0.137. The van der Waals surface area contributed by atoms with Crippen LogP contribution in [0.5, 0.6) is 0 Å². The molecule has 1 fully saturated rings. The van der Waals surface area contributed by atoms with E-state index in [2.05, 4.69) is 24.0 Å². The molecule has 5 heteroatoms. The summed E-state index contributed by atoms with van der Waals surface area (Å²) in [5.41, 5.74) is 3.33. The number of para-hydroxylation sites is 1. The molecule has 116 valence electrons. The van der Waals surface area contributed by atoms with E-state index in [1.54, 1.807) is 11.8 Å². The largest absolute Gasteiger partial charge is 0.361 e. The zero-order valence-corrected chi connectivity index (χ0v) is 13.1. The molecule has 1 N–H and O–H groups in total. The summed E-state index contributed by atoms with van der Waals surface area (Å²) in [6.45, 7) is 6.15. The lowest BCUT2D eigenvalue weighted by Crippen LogP contribution is -2.50. The van der Waals surface area contributed by atoms with E-state index in [1.807, 2.05) is 17.2 Å². The molecule has 22 heavy (non-hydrogen) atoms. The highest BCUT2D eigenvalue weighted by atomic mass is 16.2. The van der Waals surface area contributed by atoms with Gasteiger partial charge in [-0.25, -0.2) is 0 Å². The molecule has 0 aliphatic carbocycles. The van der Waals surface area contributed by atoms with Crippen LogP contribution < -0.4 is 0 Å². The number of nitrogens with zero attached hydrogens (tertiary/aromatic N) is 2. The van der Waals surface area contributed by atoms with Gasteiger partial charge in [0.15, 0.2) is 0 Å². The van der Waals surface area contributed by atoms with Crippen molar-refractivity contribution in [3.8, 4) is 0 Å². The SMILES string of the molecule is CC(=O)N1CCN(C(=O)Cc2c[nH]c3c(C)cccc23)CC1. The van der Waals surface area contributed by atoms with Crippen molar-refractivity contribution in [1.29, 1.82) is 0 Å². The van der Waals surface area contributed by atoms with Crippen LogP contribution in [0.1, 0.15) is 18.1 Å². The van der Waals surface area contributed by atoms with Gasteiger partial charge in [0, 0.05) is 50.2 Å². The van der Waals surface area contributed by atoms with E-state index in [9.17, 15) is 9.59 Å². The monoisotopic (exact) mass is 299 g/mol. The van der Waals surface area contributed by atoms with Crippen molar-refractivity contribution in [3.05, 3.63) is 35.5 Å². The van der Waals surface area contributed by atoms with Crippen molar-refractivity contribution in [3.63, 3.8) is 0 Å². The smallest absolute Gasteiger partial charge is 0.227 e. The maximum atomic E-state index is 12.5. The van der Waals surface area contributed by atoms with Crippen LogP contribution in [-0.4, -0.2) is 52.8 Å².